The van der Waals surface area contributed by atoms with Gasteiger partial charge in [0.2, 0.25) is 0 Å². The summed E-state index contributed by atoms with van der Waals surface area (Å²) in [7, 11) is 0. The van der Waals surface area contributed by atoms with Crippen molar-refractivity contribution >= 4 is 34.9 Å². The van der Waals surface area contributed by atoms with Crippen molar-refractivity contribution in [2.45, 2.75) is 6.30 Å². The zero-order valence-electron chi connectivity index (χ0n) is 8.18. The van der Waals surface area contributed by atoms with E-state index in [2.05, 4.69) is 0 Å². The Morgan fingerprint density at radius 2 is 2.06 bits per heavy atom. The minimum Gasteiger partial charge on any atom is -0.478 e. The number of Topliss-reactive ketones (excluding diaryl/α,β-unsaturated/α-hetero) is 1. The van der Waals surface area contributed by atoms with E-state index >= 15 is 0 Å². The first kappa shape index (κ1) is 11.5. The van der Waals surface area contributed by atoms with Crippen LogP contribution in [0.5, 0.6) is 0 Å². The molecule has 17 heavy (non-hydrogen) atoms. The maximum atomic E-state index is 13.4. The van der Waals surface area contributed by atoms with Gasteiger partial charge in [-0.25, -0.2) is 9.18 Å². The number of alkyl halides is 1. The number of halogens is 2. The highest BCUT2D eigenvalue weighted by Crippen LogP contribution is 2.35. The van der Waals surface area contributed by atoms with Crippen LogP contribution in [0.1, 0.15) is 10.4 Å². The second kappa shape index (κ2) is 3.81. The lowest BCUT2D eigenvalue weighted by molar-refractivity contribution is -0.144. The van der Waals surface area contributed by atoms with E-state index in [-0.39, 0.29) is 21.2 Å². The molecule has 88 valence electrons. The van der Waals surface area contributed by atoms with E-state index in [0.29, 0.717) is 0 Å². The lowest BCUT2D eigenvalue weighted by Crippen LogP contribution is -2.41. The Morgan fingerprint density at radius 3 is 2.65 bits per heavy atom. The molecule has 1 atom stereocenters. The van der Waals surface area contributed by atoms with E-state index in [1.54, 1.807) is 0 Å². The molecule has 1 N–H and O–H groups in total. The summed E-state index contributed by atoms with van der Waals surface area (Å²) < 4.78 is 13.4. The molecule has 0 bridgehead atoms. The summed E-state index contributed by atoms with van der Waals surface area (Å²) in [6.07, 6.45) is -2.61. The number of aliphatic carboxylic acids is 1. The minimum absolute atomic E-state index is 0.0130. The van der Waals surface area contributed by atoms with Gasteiger partial charge in [-0.15, -0.1) is 0 Å². The number of anilines is 1. The third-order valence-corrected chi connectivity index (χ3v) is 2.64. The molecule has 1 unspecified atom stereocenters. The van der Waals surface area contributed by atoms with Crippen LogP contribution in [0.2, 0.25) is 5.02 Å². The monoisotopic (exact) mass is 257 g/mol. The molecule has 1 aliphatic rings. The van der Waals surface area contributed by atoms with Crippen molar-refractivity contribution in [3.8, 4) is 0 Å². The summed E-state index contributed by atoms with van der Waals surface area (Å²) >= 11 is 5.71. The lowest BCUT2D eigenvalue weighted by atomic mass is 10.1. The summed E-state index contributed by atoms with van der Waals surface area (Å²) in [6.45, 7) is 0. The van der Waals surface area contributed by atoms with Crippen LogP contribution in [0.3, 0.4) is 0 Å². The Balaban J connectivity index is 2.60. The number of carboxylic acids is 1. The zero-order chi connectivity index (χ0) is 12.7. The molecule has 1 heterocycles. The Hall–Kier alpha value is -1.95. The lowest BCUT2D eigenvalue weighted by Gasteiger charge is -2.17. The second-order valence-electron chi connectivity index (χ2n) is 3.31. The van der Waals surface area contributed by atoms with Crippen LogP contribution in [0.4, 0.5) is 10.1 Å². The van der Waals surface area contributed by atoms with Gasteiger partial charge in [0.1, 0.15) is 0 Å². The molecule has 7 heteroatoms. The van der Waals surface area contributed by atoms with Crippen molar-refractivity contribution in [1.82, 2.24) is 0 Å². The van der Waals surface area contributed by atoms with Crippen LogP contribution < -0.4 is 4.90 Å². The van der Waals surface area contributed by atoms with Crippen LogP contribution in [0.25, 0.3) is 0 Å². The summed E-state index contributed by atoms with van der Waals surface area (Å²) in [4.78, 5) is 33.8. The third kappa shape index (κ3) is 1.57. The molecule has 5 nitrogen and oxygen atoms in total. The molecule has 1 amide bonds. The number of fused-ring (bicyclic) bond motifs is 1. The van der Waals surface area contributed by atoms with Crippen LogP contribution in [-0.4, -0.2) is 29.1 Å². The molecule has 0 saturated carbocycles. The molecule has 0 radical (unpaired) electrons. The van der Waals surface area contributed by atoms with Gasteiger partial charge >= 0.3 is 11.9 Å². The molecule has 2 rings (SSSR count). The number of hydrogen-bond donors (Lipinski definition) is 1. The molecule has 0 fully saturated rings. The van der Waals surface area contributed by atoms with Crippen LogP contribution in [0.15, 0.2) is 18.2 Å². The topological polar surface area (TPSA) is 74.7 Å². The quantitative estimate of drug-likeness (QED) is 0.639. The minimum atomic E-state index is -2.61. The SMILES string of the molecule is O=C1C(=O)N(C(F)C(=O)O)c2cccc(Cl)c21. The predicted octanol–water partition coefficient (Wildman–Crippen LogP) is 1.25. The Bertz CT molecular complexity index is 545. The van der Waals surface area contributed by atoms with Gasteiger partial charge in [0.05, 0.1) is 16.3 Å². The van der Waals surface area contributed by atoms with E-state index in [9.17, 15) is 18.8 Å². The highest BCUT2D eigenvalue weighted by molar-refractivity contribution is 6.55. The van der Waals surface area contributed by atoms with Gasteiger partial charge in [-0.3, -0.25) is 14.5 Å². The van der Waals surface area contributed by atoms with Gasteiger partial charge in [0.25, 0.3) is 12.1 Å². The van der Waals surface area contributed by atoms with Crippen molar-refractivity contribution in [1.29, 1.82) is 0 Å². The fourth-order valence-corrected chi connectivity index (χ4v) is 1.85. The fourth-order valence-electron chi connectivity index (χ4n) is 1.60. The first-order valence-corrected chi connectivity index (χ1v) is 4.86. The van der Waals surface area contributed by atoms with Crippen LogP contribution >= 0.6 is 11.6 Å². The molecule has 0 saturated heterocycles. The fraction of sp³-hybridized carbons (Fsp3) is 0.100. The van der Waals surface area contributed by atoms with E-state index in [1.165, 1.54) is 18.2 Å². The normalized spacial score (nSPS) is 16.0. The molecular formula is C10H5ClFNO4. The number of carbonyl (C=O) groups excluding carboxylic acids is 2. The first-order chi connectivity index (χ1) is 7.95. The maximum absolute atomic E-state index is 13.4. The molecule has 1 aromatic carbocycles. The predicted molar refractivity (Wildman–Crippen MR) is 55.8 cm³/mol. The Morgan fingerprint density at radius 1 is 1.41 bits per heavy atom. The number of carbonyl (C=O) groups is 3. The van der Waals surface area contributed by atoms with Crippen LogP contribution in [-0.2, 0) is 9.59 Å². The van der Waals surface area contributed by atoms with Crippen molar-refractivity contribution < 1.29 is 23.9 Å². The van der Waals surface area contributed by atoms with E-state index in [4.69, 9.17) is 16.7 Å². The van der Waals surface area contributed by atoms with Gasteiger partial charge in [0.15, 0.2) is 0 Å². The van der Waals surface area contributed by atoms with Gasteiger partial charge in [-0.05, 0) is 12.1 Å². The first-order valence-electron chi connectivity index (χ1n) is 4.48. The van der Waals surface area contributed by atoms with Crippen molar-refractivity contribution in [2.24, 2.45) is 0 Å². The average Bonchev–Trinajstić information content (AvgIpc) is 2.52. The molecule has 0 spiro atoms. The number of ketones is 1. The Labute approximate surface area is 99.4 Å². The smallest absolute Gasteiger partial charge is 0.360 e. The second-order valence-corrected chi connectivity index (χ2v) is 3.72. The summed E-state index contributed by atoms with van der Waals surface area (Å²) in [6, 6.07) is 4.03. The van der Waals surface area contributed by atoms with Gasteiger partial charge < -0.3 is 5.11 Å². The van der Waals surface area contributed by atoms with Crippen molar-refractivity contribution in [3.05, 3.63) is 28.8 Å². The summed E-state index contributed by atoms with van der Waals surface area (Å²) in [5.74, 6) is -4.09. The van der Waals surface area contributed by atoms with Crippen molar-refractivity contribution in [2.75, 3.05) is 4.90 Å². The average molecular weight is 258 g/mol. The number of rotatable bonds is 2. The Kier molecular flexibility index (Phi) is 2.59. The number of amides is 1. The summed E-state index contributed by atoms with van der Waals surface area (Å²) in [5, 5.41) is 8.52. The highest BCUT2D eigenvalue weighted by atomic mass is 35.5. The van der Waals surface area contributed by atoms with Gasteiger partial charge in [0, 0.05) is 0 Å². The summed E-state index contributed by atoms with van der Waals surface area (Å²) in [5.41, 5.74) is -0.287. The van der Waals surface area contributed by atoms with E-state index < -0.39 is 24.0 Å². The molecule has 1 aromatic rings. The maximum Gasteiger partial charge on any atom is 0.360 e. The molecule has 0 aliphatic carbocycles. The molecule has 0 aromatic heterocycles. The zero-order valence-corrected chi connectivity index (χ0v) is 8.94. The number of carboxylic acid groups (broad SMARTS) is 1. The molecule has 1 aliphatic heterocycles. The molecular weight excluding hydrogens is 253 g/mol. The van der Waals surface area contributed by atoms with E-state index in [0.717, 1.165) is 0 Å². The number of benzene rings is 1. The standard InChI is InChI=1S/C10H5ClFNO4/c11-4-2-1-3-5-6(4)7(14)9(15)13(5)8(12)10(16)17/h1-3,8H,(H,16,17). The van der Waals surface area contributed by atoms with Gasteiger partial charge in [-0.2, -0.15) is 0 Å². The third-order valence-electron chi connectivity index (χ3n) is 2.32. The van der Waals surface area contributed by atoms with Crippen LogP contribution in [0, 0.1) is 0 Å². The van der Waals surface area contributed by atoms with Crippen molar-refractivity contribution in [3.63, 3.8) is 0 Å². The highest BCUT2D eigenvalue weighted by Gasteiger charge is 2.43. The largest absolute Gasteiger partial charge is 0.478 e. The van der Waals surface area contributed by atoms with E-state index in [1.807, 2.05) is 0 Å². The number of nitrogens with zero attached hydrogens (tertiary/aromatic N) is 1. The van der Waals surface area contributed by atoms with Gasteiger partial charge in [-0.1, -0.05) is 17.7 Å². The number of hydrogen-bond acceptors (Lipinski definition) is 3.